The zero-order valence-electron chi connectivity index (χ0n) is 11.6. The van der Waals surface area contributed by atoms with E-state index in [2.05, 4.69) is 24.4 Å². The number of sulfonamides is 1. The largest absolute Gasteiger partial charge is 0.464 e. The number of imidazole rings is 1. The lowest BCUT2D eigenvalue weighted by molar-refractivity contribution is 0.0595. The molecule has 8 nitrogen and oxygen atoms in total. The number of aryl methyl sites for hydroxylation is 1. The molecule has 0 spiro atoms. The Labute approximate surface area is 122 Å². The normalized spacial score (nSPS) is 11.5. The number of aromatic amines is 2. The molecule has 0 unspecified atom stereocenters. The van der Waals surface area contributed by atoms with Crippen molar-refractivity contribution in [2.45, 2.75) is 24.8 Å². The van der Waals surface area contributed by atoms with Crippen molar-refractivity contribution in [3.63, 3.8) is 0 Å². The standard InChI is InChI=1S/C12H16N4O4S/c1-3-8-5-14-11(16-8)7-15-21(18,19)9-4-10(13-6-9)12(17)20-2/h4-6,13,15H,3,7H2,1-2H3,(H,14,16). The molecule has 0 saturated carbocycles. The molecule has 0 aliphatic carbocycles. The van der Waals surface area contributed by atoms with Gasteiger partial charge in [-0.2, -0.15) is 0 Å². The minimum atomic E-state index is -3.73. The number of nitrogens with zero attached hydrogens (tertiary/aromatic N) is 1. The van der Waals surface area contributed by atoms with E-state index in [0.29, 0.717) is 5.82 Å². The molecule has 2 rings (SSSR count). The van der Waals surface area contributed by atoms with Gasteiger partial charge >= 0.3 is 5.97 Å². The average Bonchev–Trinajstić information content (AvgIpc) is 3.13. The van der Waals surface area contributed by atoms with Crippen molar-refractivity contribution in [2.24, 2.45) is 0 Å². The van der Waals surface area contributed by atoms with Gasteiger partial charge < -0.3 is 14.7 Å². The zero-order valence-corrected chi connectivity index (χ0v) is 12.5. The fourth-order valence-corrected chi connectivity index (χ4v) is 2.66. The molecule has 114 valence electrons. The van der Waals surface area contributed by atoms with Crippen LogP contribution < -0.4 is 4.72 Å². The van der Waals surface area contributed by atoms with Crippen molar-refractivity contribution in [1.82, 2.24) is 19.7 Å². The lowest BCUT2D eigenvalue weighted by Crippen LogP contribution is -2.23. The van der Waals surface area contributed by atoms with Crippen LogP contribution >= 0.6 is 0 Å². The molecule has 0 fully saturated rings. The Hall–Kier alpha value is -2.13. The van der Waals surface area contributed by atoms with Crippen LogP contribution in [0, 0.1) is 0 Å². The highest BCUT2D eigenvalue weighted by Crippen LogP contribution is 2.11. The summed E-state index contributed by atoms with van der Waals surface area (Å²) >= 11 is 0. The number of H-pyrrole nitrogens is 2. The second kappa shape index (κ2) is 6.10. The number of nitrogens with one attached hydrogen (secondary N) is 3. The number of hydrogen-bond acceptors (Lipinski definition) is 5. The van der Waals surface area contributed by atoms with E-state index in [1.807, 2.05) is 6.92 Å². The van der Waals surface area contributed by atoms with Gasteiger partial charge in [0.15, 0.2) is 0 Å². The fraction of sp³-hybridized carbons (Fsp3) is 0.333. The van der Waals surface area contributed by atoms with Gasteiger partial charge in [-0.15, -0.1) is 0 Å². The molecule has 0 atom stereocenters. The van der Waals surface area contributed by atoms with Crippen LogP contribution in [0.15, 0.2) is 23.4 Å². The maximum absolute atomic E-state index is 12.1. The number of hydrogen-bond donors (Lipinski definition) is 3. The number of carbonyl (C=O) groups excluding carboxylic acids is 1. The zero-order chi connectivity index (χ0) is 15.5. The SMILES string of the molecule is CCc1cnc(CNS(=O)(=O)c2c[nH]c(C(=O)OC)c2)[nH]1. The van der Waals surface area contributed by atoms with Gasteiger partial charge in [-0.25, -0.2) is 22.9 Å². The molecule has 0 bridgehead atoms. The maximum atomic E-state index is 12.1. The van der Waals surface area contributed by atoms with Crippen molar-refractivity contribution in [1.29, 1.82) is 0 Å². The van der Waals surface area contributed by atoms with E-state index in [0.717, 1.165) is 12.1 Å². The van der Waals surface area contributed by atoms with Gasteiger partial charge in [0.1, 0.15) is 16.4 Å². The molecule has 0 radical (unpaired) electrons. The van der Waals surface area contributed by atoms with E-state index in [4.69, 9.17) is 0 Å². The van der Waals surface area contributed by atoms with E-state index >= 15 is 0 Å². The first kappa shape index (κ1) is 15.3. The van der Waals surface area contributed by atoms with E-state index in [1.54, 1.807) is 6.20 Å². The van der Waals surface area contributed by atoms with Crippen LogP contribution in [0.5, 0.6) is 0 Å². The first-order valence-electron chi connectivity index (χ1n) is 6.25. The highest BCUT2D eigenvalue weighted by molar-refractivity contribution is 7.89. The summed E-state index contributed by atoms with van der Waals surface area (Å²) < 4.78 is 31.1. The number of methoxy groups -OCH3 is 1. The molecule has 0 aromatic carbocycles. The van der Waals surface area contributed by atoms with E-state index in [1.165, 1.54) is 19.4 Å². The van der Waals surface area contributed by atoms with Crippen LogP contribution in [-0.4, -0.2) is 36.4 Å². The summed E-state index contributed by atoms with van der Waals surface area (Å²) in [6.45, 7) is 2.01. The summed E-state index contributed by atoms with van der Waals surface area (Å²) in [5, 5.41) is 0. The summed E-state index contributed by atoms with van der Waals surface area (Å²) in [5.74, 6) is -0.103. The molecule has 2 aromatic rings. The topological polar surface area (TPSA) is 117 Å². The van der Waals surface area contributed by atoms with Gasteiger partial charge in [0.25, 0.3) is 0 Å². The minimum absolute atomic E-state index is 0.0369. The predicted octanol–water partition coefficient (Wildman–Crippen LogP) is 0.565. The van der Waals surface area contributed by atoms with Gasteiger partial charge in [0.05, 0.1) is 13.7 Å². The number of ether oxygens (including phenoxy) is 1. The van der Waals surface area contributed by atoms with Crippen LogP contribution in [0.1, 0.15) is 28.9 Å². The van der Waals surface area contributed by atoms with Gasteiger partial charge in [0.2, 0.25) is 10.0 Å². The Morgan fingerprint density at radius 2 is 2.24 bits per heavy atom. The Morgan fingerprint density at radius 3 is 2.86 bits per heavy atom. The molecule has 0 aliphatic heterocycles. The Balaban J connectivity index is 2.07. The van der Waals surface area contributed by atoms with Crippen molar-refractivity contribution in [3.05, 3.63) is 35.7 Å². The van der Waals surface area contributed by atoms with Crippen LogP contribution in [-0.2, 0) is 27.7 Å². The molecule has 2 heterocycles. The van der Waals surface area contributed by atoms with Gasteiger partial charge in [-0.05, 0) is 12.5 Å². The number of aromatic nitrogens is 3. The van der Waals surface area contributed by atoms with Gasteiger partial charge in [0, 0.05) is 18.1 Å². The van der Waals surface area contributed by atoms with Crippen LogP contribution in [0.3, 0.4) is 0 Å². The first-order chi connectivity index (χ1) is 9.96. The summed E-state index contributed by atoms with van der Waals surface area (Å²) in [5.41, 5.74) is 1.00. The Morgan fingerprint density at radius 1 is 1.48 bits per heavy atom. The Kier molecular flexibility index (Phi) is 4.43. The van der Waals surface area contributed by atoms with Gasteiger partial charge in [-0.3, -0.25) is 0 Å². The molecule has 9 heteroatoms. The molecule has 0 amide bonds. The second-order valence-corrected chi connectivity index (χ2v) is 6.04. The van der Waals surface area contributed by atoms with Crippen LogP contribution in [0.25, 0.3) is 0 Å². The number of rotatable bonds is 6. The molecule has 21 heavy (non-hydrogen) atoms. The highest BCUT2D eigenvalue weighted by atomic mass is 32.2. The molecule has 3 N–H and O–H groups in total. The molecule has 0 saturated heterocycles. The third-order valence-corrected chi connectivity index (χ3v) is 4.24. The second-order valence-electron chi connectivity index (χ2n) is 4.27. The van der Waals surface area contributed by atoms with Crippen LogP contribution in [0.2, 0.25) is 0 Å². The quantitative estimate of drug-likeness (QED) is 0.674. The van der Waals surface area contributed by atoms with E-state index in [9.17, 15) is 13.2 Å². The number of esters is 1. The van der Waals surface area contributed by atoms with E-state index < -0.39 is 16.0 Å². The Bertz CT molecular complexity index is 732. The summed E-state index contributed by atoms with van der Waals surface area (Å²) in [4.78, 5) is 20.9. The molecule has 0 aliphatic rings. The predicted molar refractivity (Wildman–Crippen MR) is 74.1 cm³/mol. The number of carbonyl (C=O) groups is 1. The van der Waals surface area contributed by atoms with Crippen molar-refractivity contribution in [3.8, 4) is 0 Å². The van der Waals surface area contributed by atoms with Gasteiger partial charge in [-0.1, -0.05) is 6.92 Å². The van der Waals surface area contributed by atoms with Crippen molar-refractivity contribution >= 4 is 16.0 Å². The maximum Gasteiger partial charge on any atom is 0.354 e. The summed E-state index contributed by atoms with van der Waals surface area (Å²) in [6.07, 6.45) is 3.68. The third-order valence-electron chi connectivity index (χ3n) is 2.86. The highest BCUT2D eigenvalue weighted by Gasteiger charge is 2.19. The van der Waals surface area contributed by atoms with E-state index in [-0.39, 0.29) is 17.1 Å². The van der Waals surface area contributed by atoms with Crippen molar-refractivity contribution < 1.29 is 17.9 Å². The smallest absolute Gasteiger partial charge is 0.354 e. The summed E-state index contributed by atoms with van der Waals surface area (Å²) in [6, 6.07) is 1.22. The first-order valence-corrected chi connectivity index (χ1v) is 7.73. The monoisotopic (exact) mass is 312 g/mol. The third kappa shape index (κ3) is 3.50. The van der Waals surface area contributed by atoms with Crippen LogP contribution in [0.4, 0.5) is 0 Å². The molecule has 2 aromatic heterocycles. The molecular formula is C12H16N4O4S. The fourth-order valence-electron chi connectivity index (χ4n) is 1.68. The van der Waals surface area contributed by atoms with Crippen molar-refractivity contribution in [2.75, 3.05) is 7.11 Å². The molecular weight excluding hydrogens is 296 g/mol. The lowest BCUT2D eigenvalue weighted by atomic mass is 10.4. The minimum Gasteiger partial charge on any atom is -0.464 e. The lowest BCUT2D eigenvalue weighted by Gasteiger charge is -2.02. The summed E-state index contributed by atoms with van der Waals surface area (Å²) in [7, 11) is -2.51. The average molecular weight is 312 g/mol.